The second-order valence-electron chi connectivity index (χ2n) is 10.4. The van der Waals surface area contributed by atoms with E-state index >= 15 is 0 Å². The molecule has 2 aliphatic rings. The van der Waals surface area contributed by atoms with Crippen molar-refractivity contribution in [3.63, 3.8) is 0 Å². The predicted octanol–water partition coefficient (Wildman–Crippen LogP) is 2.89. The summed E-state index contributed by atoms with van der Waals surface area (Å²) in [6.45, 7) is 9.33. The van der Waals surface area contributed by atoms with Gasteiger partial charge in [0, 0.05) is 62.0 Å². The number of ether oxygens (including phenoxy) is 1. The average Bonchev–Trinajstić information content (AvgIpc) is 3.46. The number of rotatable bonds is 7. The highest BCUT2D eigenvalue weighted by molar-refractivity contribution is 5.87. The van der Waals surface area contributed by atoms with Crippen LogP contribution in [0, 0.1) is 6.92 Å². The predicted molar refractivity (Wildman–Crippen MR) is 139 cm³/mol. The van der Waals surface area contributed by atoms with Gasteiger partial charge in [0.25, 0.3) is 0 Å². The highest BCUT2D eigenvalue weighted by Gasteiger charge is 2.31. The van der Waals surface area contributed by atoms with Crippen LogP contribution < -0.4 is 5.32 Å². The summed E-state index contributed by atoms with van der Waals surface area (Å²) < 4.78 is 7.62. The summed E-state index contributed by atoms with van der Waals surface area (Å²) in [6, 6.07) is 2.26. The van der Waals surface area contributed by atoms with Crippen molar-refractivity contribution in [3.8, 4) is 0 Å². The number of likely N-dealkylation sites (tertiary alicyclic amines) is 2. The molecule has 1 N–H and O–H groups in total. The summed E-state index contributed by atoms with van der Waals surface area (Å²) >= 11 is 0. The Balaban J connectivity index is 1.26. The molecule has 0 unspecified atom stereocenters. The molecule has 1 atom stereocenters. The molecule has 2 amide bonds. The van der Waals surface area contributed by atoms with Gasteiger partial charge < -0.3 is 24.8 Å². The van der Waals surface area contributed by atoms with E-state index in [4.69, 9.17) is 9.72 Å². The van der Waals surface area contributed by atoms with E-state index in [0.717, 1.165) is 42.1 Å². The van der Waals surface area contributed by atoms with Crippen LogP contribution in [0.2, 0.25) is 0 Å². The minimum atomic E-state index is -0.285. The standard InChI is InChI=1S/C26H39N7O3/c1-18(2)22-16-27-33-23(15-19(3)28-25(22)33)29-20-8-12-31(13-9-20)26(35)36-21-10-14-32(17-21)24(34)7-6-11-30(4)5/h6-7,15-16,18,20-21,29H,8-14,17H2,1-5H3/b7-6+/t21-/m0/s1. The number of carbonyl (C=O) groups excluding carboxylic acids is 2. The number of likely N-dealkylation sites (N-methyl/N-ethyl adjacent to an activating group) is 1. The zero-order chi connectivity index (χ0) is 25.8. The fraction of sp³-hybridized carbons (Fsp3) is 0.615. The van der Waals surface area contributed by atoms with E-state index in [1.54, 1.807) is 15.9 Å². The molecule has 2 fully saturated rings. The molecule has 2 saturated heterocycles. The molecule has 10 heteroatoms. The maximum atomic E-state index is 12.8. The first-order chi connectivity index (χ1) is 17.2. The van der Waals surface area contributed by atoms with Gasteiger partial charge in [-0.1, -0.05) is 19.9 Å². The molecule has 196 valence electrons. The molecule has 0 aliphatic carbocycles. The van der Waals surface area contributed by atoms with Gasteiger partial charge in [0.2, 0.25) is 5.91 Å². The summed E-state index contributed by atoms with van der Waals surface area (Å²) in [4.78, 5) is 35.3. The Hall–Kier alpha value is -3.14. The SMILES string of the molecule is Cc1cc(NC2CCN(C(=O)O[C@H]3CCN(C(=O)/C=C/CN(C)C)C3)CC2)n2ncc(C(C)C)c2n1. The fourth-order valence-electron chi connectivity index (χ4n) is 4.74. The topological polar surface area (TPSA) is 95.3 Å². The molecular weight excluding hydrogens is 458 g/mol. The molecule has 36 heavy (non-hydrogen) atoms. The summed E-state index contributed by atoms with van der Waals surface area (Å²) in [6.07, 6.45) is 7.14. The Bertz CT molecular complexity index is 1100. The molecule has 0 radical (unpaired) electrons. The minimum Gasteiger partial charge on any atom is -0.444 e. The van der Waals surface area contributed by atoms with Gasteiger partial charge in [-0.3, -0.25) is 4.79 Å². The number of hydrogen-bond donors (Lipinski definition) is 1. The Morgan fingerprint density at radius 2 is 1.92 bits per heavy atom. The molecule has 0 aromatic carbocycles. The molecule has 2 aliphatic heterocycles. The lowest BCUT2D eigenvalue weighted by Gasteiger charge is -2.33. The molecule has 2 aromatic heterocycles. The van der Waals surface area contributed by atoms with Gasteiger partial charge in [0.15, 0.2) is 5.65 Å². The zero-order valence-corrected chi connectivity index (χ0v) is 22.1. The quantitative estimate of drug-likeness (QED) is 0.588. The maximum Gasteiger partial charge on any atom is 0.410 e. The Kier molecular flexibility index (Phi) is 8.13. The number of anilines is 1. The van der Waals surface area contributed by atoms with Crippen LogP contribution in [0.5, 0.6) is 0 Å². The van der Waals surface area contributed by atoms with Gasteiger partial charge in [-0.15, -0.1) is 0 Å². The van der Waals surface area contributed by atoms with Gasteiger partial charge in [-0.25, -0.2) is 9.78 Å². The van der Waals surface area contributed by atoms with Crippen LogP contribution in [-0.4, -0.2) is 100 Å². The molecule has 4 heterocycles. The van der Waals surface area contributed by atoms with Gasteiger partial charge in [0.05, 0.1) is 12.7 Å². The highest BCUT2D eigenvalue weighted by Crippen LogP contribution is 2.24. The van der Waals surface area contributed by atoms with Crippen molar-refractivity contribution in [3.05, 3.63) is 35.7 Å². The maximum absolute atomic E-state index is 12.8. The lowest BCUT2D eigenvalue weighted by Crippen LogP contribution is -2.44. The van der Waals surface area contributed by atoms with Crippen molar-refractivity contribution in [2.24, 2.45) is 0 Å². The van der Waals surface area contributed by atoms with Crippen molar-refractivity contribution in [2.45, 2.75) is 58.1 Å². The van der Waals surface area contributed by atoms with Crippen LogP contribution in [0.15, 0.2) is 24.4 Å². The van der Waals surface area contributed by atoms with Crippen molar-refractivity contribution in [1.29, 1.82) is 0 Å². The smallest absolute Gasteiger partial charge is 0.410 e. The number of aryl methyl sites for hydroxylation is 1. The van der Waals surface area contributed by atoms with Gasteiger partial charge in [-0.05, 0) is 39.8 Å². The van der Waals surface area contributed by atoms with E-state index in [-0.39, 0.29) is 24.1 Å². The van der Waals surface area contributed by atoms with Crippen LogP contribution in [0.3, 0.4) is 0 Å². The molecular formula is C26H39N7O3. The summed E-state index contributed by atoms with van der Waals surface area (Å²) in [5.41, 5.74) is 2.98. The molecule has 4 rings (SSSR count). The number of nitrogens with one attached hydrogen (secondary N) is 1. The van der Waals surface area contributed by atoms with E-state index in [1.165, 1.54) is 0 Å². The molecule has 0 saturated carbocycles. The number of aromatic nitrogens is 3. The zero-order valence-electron chi connectivity index (χ0n) is 22.1. The average molecular weight is 498 g/mol. The monoisotopic (exact) mass is 497 g/mol. The Morgan fingerprint density at radius 3 is 2.61 bits per heavy atom. The fourth-order valence-corrected chi connectivity index (χ4v) is 4.74. The third-order valence-corrected chi connectivity index (χ3v) is 6.81. The van der Waals surface area contributed by atoms with Crippen LogP contribution in [0.4, 0.5) is 10.6 Å². The first-order valence-corrected chi connectivity index (χ1v) is 12.9. The first-order valence-electron chi connectivity index (χ1n) is 12.9. The van der Waals surface area contributed by atoms with Crippen molar-refractivity contribution < 1.29 is 14.3 Å². The largest absolute Gasteiger partial charge is 0.444 e. The van der Waals surface area contributed by atoms with E-state index < -0.39 is 0 Å². The van der Waals surface area contributed by atoms with E-state index in [2.05, 4.69) is 24.3 Å². The van der Waals surface area contributed by atoms with Crippen molar-refractivity contribution >= 4 is 23.5 Å². The number of fused-ring (bicyclic) bond motifs is 1. The second kappa shape index (κ2) is 11.3. The minimum absolute atomic E-state index is 0.0274. The molecule has 2 aromatic rings. The van der Waals surface area contributed by atoms with Crippen molar-refractivity contribution in [1.82, 2.24) is 29.3 Å². The highest BCUT2D eigenvalue weighted by atomic mass is 16.6. The normalized spacial score (nSPS) is 19.2. The summed E-state index contributed by atoms with van der Waals surface area (Å²) in [5, 5.41) is 8.18. The third kappa shape index (κ3) is 6.16. The lowest BCUT2D eigenvalue weighted by atomic mass is 10.1. The second-order valence-corrected chi connectivity index (χ2v) is 10.4. The number of piperidine rings is 1. The third-order valence-electron chi connectivity index (χ3n) is 6.81. The van der Waals surface area contributed by atoms with Crippen LogP contribution in [0.25, 0.3) is 5.65 Å². The number of nitrogens with zero attached hydrogens (tertiary/aromatic N) is 6. The van der Waals surface area contributed by atoms with Crippen LogP contribution >= 0.6 is 0 Å². The van der Waals surface area contributed by atoms with E-state index in [0.29, 0.717) is 38.5 Å². The van der Waals surface area contributed by atoms with Crippen molar-refractivity contribution in [2.75, 3.05) is 52.1 Å². The van der Waals surface area contributed by atoms with Gasteiger partial charge in [0.1, 0.15) is 11.9 Å². The Morgan fingerprint density at radius 1 is 1.19 bits per heavy atom. The van der Waals surface area contributed by atoms with Gasteiger partial charge >= 0.3 is 6.09 Å². The number of carbonyl (C=O) groups is 2. The molecule has 0 bridgehead atoms. The number of amides is 2. The first kappa shape index (κ1) is 25.9. The summed E-state index contributed by atoms with van der Waals surface area (Å²) in [5.74, 6) is 1.25. The summed E-state index contributed by atoms with van der Waals surface area (Å²) in [7, 11) is 3.92. The Labute approximate surface area is 213 Å². The van der Waals surface area contributed by atoms with E-state index in [9.17, 15) is 9.59 Å². The van der Waals surface area contributed by atoms with Gasteiger partial charge in [-0.2, -0.15) is 9.61 Å². The molecule has 0 spiro atoms. The van der Waals surface area contributed by atoms with Crippen LogP contribution in [-0.2, 0) is 9.53 Å². The van der Waals surface area contributed by atoms with Crippen LogP contribution in [0.1, 0.15) is 50.3 Å². The lowest BCUT2D eigenvalue weighted by molar-refractivity contribution is -0.125. The van der Waals surface area contributed by atoms with E-state index in [1.807, 2.05) is 48.8 Å². The molecule has 10 nitrogen and oxygen atoms in total. The number of hydrogen-bond acceptors (Lipinski definition) is 7.